The van der Waals surface area contributed by atoms with Gasteiger partial charge in [-0.15, -0.1) is 0 Å². The van der Waals surface area contributed by atoms with E-state index < -0.39 is 0 Å². The third kappa shape index (κ3) is 4.87. The predicted molar refractivity (Wildman–Crippen MR) is 111 cm³/mol. The molecule has 1 saturated heterocycles. The molecule has 148 valence electrons. The smallest absolute Gasteiger partial charge is 0.254 e. The summed E-state index contributed by atoms with van der Waals surface area (Å²) in [5, 5.41) is 0. The number of nitrogens with zero attached hydrogens (tertiary/aromatic N) is 1. The second-order valence-electron chi connectivity index (χ2n) is 7.58. The highest BCUT2D eigenvalue weighted by Crippen LogP contribution is 2.24. The largest absolute Gasteiger partial charge is 0.378 e. The Labute approximate surface area is 167 Å². The van der Waals surface area contributed by atoms with Gasteiger partial charge in [-0.2, -0.15) is 0 Å². The van der Waals surface area contributed by atoms with E-state index in [0.29, 0.717) is 26.3 Å². The van der Waals surface area contributed by atoms with Gasteiger partial charge in [-0.3, -0.25) is 9.59 Å². The number of benzene rings is 2. The Kier molecular flexibility index (Phi) is 6.63. The van der Waals surface area contributed by atoms with Gasteiger partial charge in [0, 0.05) is 24.2 Å². The number of ketones is 1. The number of ether oxygens (including phenoxy) is 1. The Morgan fingerprint density at radius 1 is 1.04 bits per heavy atom. The molecular weight excluding hydrogens is 350 g/mol. The molecule has 0 N–H and O–H groups in total. The van der Waals surface area contributed by atoms with Gasteiger partial charge in [-0.05, 0) is 66.6 Å². The van der Waals surface area contributed by atoms with Crippen molar-refractivity contribution in [3.05, 3.63) is 70.3 Å². The fourth-order valence-corrected chi connectivity index (χ4v) is 3.69. The molecule has 0 radical (unpaired) electrons. The maximum Gasteiger partial charge on any atom is 0.254 e. The first-order chi connectivity index (χ1) is 13.5. The van der Waals surface area contributed by atoms with Crippen LogP contribution in [-0.2, 0) is 17.6 Å². The lowest BCUT2D eigenvalue weighted by molar-refractivity contribution is 0.0303. The molecule has 4 nitrogen and oxygen atoms in total. The summed E-state index contributed by atoms with van der Waals surface area (Å²) in [7, 11) is 0. The maximum absolute atomic E-state index is 12.8. The van der Waals surface area contributed by atoms with Crippen LogP contribution < -0.4 is 0 Å². The third-order valence-electron chi connectivity index (χ3n) is 5.41. The van der Waals surface area contributed by atoms with Gasteiger partial charge in [0.15, 0.2) is 5.78 Å². The number of rotatable bonds is 6. The van der Waals surface area contributed by atoms with Crippen LogP contribution in [0.1, 0.15) is 64.1 Å². The minimum Gasteiger partial charge on any atom is -0.378 e. The van der Waals surface area contributed by atoms with E-state index in [1.165, 1.54) is 11.1 Å². The summed E-state index contributed by atoms with van der Waals surface area (Å²) in [6, 6.07) is 14.1. The zero-order valence-electron chi connectivity index (χ0n) is 17.0. The van der Waals surface area contributed by atoms with Crippen molar-refractivity contribution in [3.63, 3.8) is 0 Å². The van der Waals surface area contributed by atoms with Crippen molar-refractivity contribution in [1.29, 1.82) is 0 Å². The first kappa shape index (κ1) is 20.3. The number of carbonyl (C=O) groups excluding carboxylic acids is 2. The molecule has 0 bridgehead atoms. The normalized spacial score (nSPS) is 15.3. The second-order valence-corrected chi connectivity index (χ2v) is 7.58. The molecule has 1 heterocycles. The van der Waals surface area contributed by atoms with Gasteiger partial charge in [-0.25, -0.2) is 0 Å². The summed E-state index contributed by atoms with van der Waals surface area (Å²) in [6.07, 6.45) is 1.75. The van der Waals surface area contributed by atoms with Crippen molar-refractivity contribution in [2.24, 2.45) is 0 Å². The third-order valence-corrected chi connectivity index (χ3v) is 5.41. The van der Waals surface area contributed by atoms with E-state index in [1.54, 1.807) is 6.92 Å². The minimum absolute atomic E-state index is 0.0733. The Morgan fingerprint density at radius 2 is 1.75 bits per heavy atom. The van der Waals surface area contributed by atoms with Crippen molar-refractivity contribution < 1.29 is 14.3 Å². The first-order valence-corrected chi connectivity index (χ1v) is 10.1. The molecule has 2 aromatic carbocycles. The SMILES string of the molecule is CCc1cc(CC(C)c2cccc(C(=O)N3CCOCC3)c2)cc(C(C)=O)c1. The highest BCUT2D eigenvalue weighted by Gasteiger charge is 2.19. The van der Waals surface area contributed by atoms with Crippen LogP contribution in [0, 0.1) is 0 Å². The maximum atomic E-state index is 12.8. The van der Waals surface area contributed by atoms with Gasteiger partial charge in [-0.1, -0.05) is 32.0 Å². The molecule has 1 unspecified atom stereocenters. The van der Waals surface area contributed by atoms with Gasteiger partial charge in [0.05, 0.1) is 13.2 Å². The molecule has 0 aromatic heterocycles. The Balaban J connectivity index is 1.78. The van der Waals surface area contributed by atoms with Crippen LogP contribution in [0.3, 0.4) is 0 Å². The number of morpholine rings is 1. The first-order valence-electron chi connectivity index (χ1n) is 10.1. The fraction of sp³-hybridized carbons (Fsp3) is 0.417. The number of carbonyl (C=O) groups is 2. The van der Waals surface area contributed by atoms with Crippen LogP contribution in [-0.4, -0.2) is 42.9 Å². The molecule has 2 aromatic rings. The summed E-state index contributed by atoms with van der Waals surface area (Å²) in [6.45, 7) is 8.40. The van der Waals surface area contributed by atoms with Crippen molar-refractivity contribution in [2.45, 2.75) is 39.5 Å². The summed E-state index contributed by atoms with van der Waals surface area (Å²) in [5.74, 6) is 0.427. The van der Waals surface area contributed by atoms with Crippen molar-refractivity contribution in [3.8, 4) is 0 Å². The molecule has 0 spiro atoms. The molecule has 1 aliphatic heterocycles. The van der Waals surface area contributed by atoms with E-state index in [4.69, 9.17) is 4.74 Å². The van der Waals surface area contributed by atoms with Crippen LogP contribution >= 0.6 is 0 Å². The number of amides is 1. The van der Waals surface area contributed by atoms with Crippen LogP contribution in [0.15, 0.2) is 42.5 Å². The summed E-state index contributed by atoms with van der Waals surface area (Å²) < 4.78 is 5.34. The zero-order valence-corrected chi connectivity index (χ0v) is 17.0. The molecule has 1 fully saturated rings. The van der Waals surface area contributed by atoms with E-state index in [2.05, 4.69) is 26.0 Å². The molecule has 3 rings (SSSR count). The van der Waals surface area contributed by atoms with Gasteiger partial charge >= 0.3 is 0 Å². The lowest BCUT2D eigenvalue weighted by atomic mass is 9.90. The second kappa shape index (κ2) is 9.16. The minimum atomic E-state index is 0.0733. The summed E-state index contributed by atoms with van der Waals surface area (Å²) in [5.41, 5.74) is 5.01. The molecule has 1 atom stereocenters. The average Bonchev–Trinajstić information content (AvgIpc) is 2.73. The number of Topliss-reactive ketones (excluding diaryl/α,β-unsaturated/α-hetero) is 1. The van der Waals surface area contributed by atoms with Gasteiger partial charge in [0.1, 0.15) is 0 Å². The van der Waals surface area contributed by atoms with Crippen LogP contribution in [0.4, 0.5) is 0 Å². The monoisotopic (exact) mass is 379 g/mol. The number of hydrogen-bond acceptors (Lipinski definition) is 3. The number of hydrogen-bond donors (Lipinski definition) is 0. The van der Waals surface area contributed by atoms with Crippen molar-refractivity contribution >= 4 is 11.7 Å². The van der Waals surface area contributed by atoms with E-state index in [0.717, 1.165) is 29.5 Å². The zero-order chi connectivity index (χ0) is 20.1. The quantitative estimate of drug-likeness (QED) is 0.704. The molecule has 28 heavy (non-hydrogen) atoms. The topological polar surface area (TPSA) is 46.6 Å². The van der Waals surface area contributed by atoms with Gasteiger partial charge in [0.2, 0.25) is 0 Å². The fourth-order valence-electron chi connectivity index (χ4n) is 3.69. The molecule has 4 heteroatoms. The van der Waals surface area contributed by atoms with E-state index in [-0.39, 0.29) is 17.6 Å². The molecule has 0 aliphatic carbocycles. The van der Waals surface area contributed by atoms with Crippen LogP contribution in [0.2, 0.25) is 0 Å². The molecule has 1 aliphatic rings. The standard InChI is InChI=1S/C24H29NO3/c1-4-19-13-20(15-23(14-19)18(3)26)12-17(2)21-6-5-7-22(16-21)24(27)25-8-10-28-11-9-25/h5-7,13-17H,4,8-12H2,1-3H3. The highest BCUT2D eigenvalue weighted by atomic mass is 16.5. The molecular formula is C24H29NO3. The summed E-state index contributed by atoms with van der Waals surface area (Å²) >= 11 is 0. The molecule has 1 amide bonds. The van der Waals surface area contributed by atoms with Crippen molar-refractivity contribution in [1.82, 2.24) is 4.90 Å². The van der Waals surface area contributed by atoms with Crippen LogP contribution in [0.25, 0.3) is 0 Å². The van der Waals surface area contributed by atoms with Crippen molar-refractivity contribution in [2.75, 3.05) is 26.3 Å². The lowest BCUT2D eigenvalue weighted by Gasteiger charge is -2.27. The lowest BCUT2D eigenvalue weighted by Crippen LogP contribution is -2.40. The average molecular weight is 380 g/mol. The summed E-state index contributed by atoms with van der Waals surface area (Å²) in [4.78, 5) is 26.5. The Bertz CT molecular complexity index is 853. The van der Waals surface area contributed by atoms with E-state index in [9.17, 15) is 9.59 Å². The highest BCUT2D eigenvalue weighted by molar-refractivity contribution is 5.95. The van der Waals surface area contributed by atoms with Crippen LogP contribution in [0.5, 0.6) is 0 Å². The van der Waals surface area contributed by atoms with Gasteiger partial charge < -0.3 is 9.64 Å². The van der Waals surface area contributed by atoms with E-state index >= 15 is 0 Å². The number of aryl methyl sites for hydroxylation is 1. The van der Waals surface area contributed by atoms with Gasteiger partial charge in [0.25, 0.3) is 5.91 Å². The predicted octanol–water partition coefficient (Wildman–Crippen LogP) is 4.27. The molecule has 0 saturated carbocycles. The Morgan fingerprint density at radius 3 is 2.43 bits per heavy atom. The Hall–Kier alpha value is -2.46. The van der Waals surface area contributed by atoms with E-state index in [1.807, 2.05) is 35.2 Å².